The summed E-state index contributed by atoms with van der Waals surface area (Å²) in [6, 6.07) is 18.0. The van der Waals surface area contributed by atoms with Crippen LogP contribution >= 0.6 is 0 Å². The zero-order valence-electron chi connectivity index (χ0n) is 11.3. The zero-order valence-corrected chi connectivity index (χ0v) is 11.3. The van der Waals surface area contributed by atoms with Crippen LogP contribution < -0.4 is 0 Å². The van der Waals surface area contributed by atoms with Crippen LogP contribution in [0.1, 0.15) is 22.3 Å². The Balaban J connectivity index is 2.12. The highest BCUT2D eigenvalue weighted by molar-refractivity contribution is 6.01. The highest BCUT2D eigenvalue weighted by atomic mass is 14.2. The van der Waals surface area contributed by atoms with Crippen molar-refractivity contribution in [3.05, 3.63) is 70.8 Å². The van der Waals surface area contributed by atoms with Gasteiger partial charge in [-0.15, -0.1) is 0 Å². The maximum absolute atomic E-state index is 2.36. The molecule has 0 saturated carbocycles. The fourth-order valence-electron chi connectivity index (χ4n) is 3.24. The molecule has 0 N–H and O–H groups in total. The van der Waals surface area contributed by atoms with Gasteiger partial charge in [-0.3, -0.25) is 0 Å². The van der Waals surface area contributed by atoms with E-state index in [1.165, 1.54) is 44.2 Å². The summed E-state index contributed by atoms with van der Waals surface area (Å²) in [5, 5.41) is 2.73. The third kappa shape index (κ3) is 1.46. The van der Waals surface area contributed by atoms with Crippen molar-refractivity contribution in [2.75, 3.05) is 0 Å². The third-order valence-electron chi connectivity index (χ3n) is 4.39. The second-order valence-electron chi connectivity index (χ2n) is 5.59. The Bertz CT molecular complexity index is 810. The van der Waals surface area contributed by atoms with E-state index in [4.69, 9.17) is 0 Å². The SMILES string of the molecule is Cc1cc2c(cc1C)-c1c(ccc3ccccc13)C2. The summed E-state index contributed by atoms with van der Waals surface area (Å²) in [7, 11) is 0. The summed E-state index contributed by atoms with van der Waals surface area (Å²) in [5.41, 5.74) is 8.63. The van der Waals surface area contributed by atoms with Gasteiger partial charge in [0.2, 0.25) is 0 Å². The largest absolute Gasteiger partial charge is 0.0616 e. The van der Waals surface area contributed by atoms with Crippen molar-refractivity contribution in [2.45, 2.75) is 20.3 Å². The van der Waals surface area contributed by atoms with Gasteiger partial charge < -0.3 is 0 Å². The summed E-state index contributed by atoms with van der Waals surface area (Å²) in [4.78, 5) is 0. The fourth-order valence-corrected chi connectivity index (χ4v) is 3.24. The molecule has 92 valence electrons. The number of rotatable bonds is 0. The third-order valence-corrected chi connectivity index (χ3v) is 4.39. The molecule has 1 aliphatic carbocycles. The Hall–Kier alpha value is -2.08. The number of hydrogen-bond acceptors (Lipinski definition) is 0. The molecule has 0 fully saturated rings. The molecule has 0 aromatic heterocycles. The van der Waals surface area contributed by atoms with Gasteiger partial charge in [0.25, 0.3) is 0 Å². The molecule has 0 aliphatic heterocycles. The Morgan fingerprint density at radius 3 is 2.47 bits per heavy atom. The lowest BCUT2D eigenvalue weighted by molar-refractivity contribution is 1.23. The second kappa shape index (κ2) is 3.71. The van der Waals surface area contributed by atoms with Gasteiger partial charge in [0.05, 0.1) is 0 Å². The average molecular weight is 244 g/mol. The predicted molar refractivity (Wildman–Crippen MR) is 81.7 cm³/mol. The number of benzene rings is 3. The Morgan fingerprint density at radius 2 is 1.58 bits per heavy atom. The molecular formula is C19H16. The van der Waals surface area contributed by atoms with E-state index in [2.05, 4.69) is 62.4 Å². The van der Waals surface area contributed by atoms with Crippen molar-refractivity contribution >= 4 is 10.8 Å². The fraction of sp³-hybridized carbons (Fsp3) is 0.158. The first-order chi connectivity index (χ1) is 9.24. The van der Waals surface area contributed by atoms with Crippen LogP contribution in [0, 0.1) is 13.8 Å². The standard InChI is InChI=1S/C19H16/c1-12-9-16-11-15-8-7-14-5-3-4-6-17(14)19(15)18(16)10-13(12)2/h3-10H,11H2,1-2H3. The highest BCUT2D eigenvalue weighted by Gasteiger charge is 2.21. The Labute approximate surface area is 113 Å². The van der Waals surface area contributed by atoms with E-state index in [1.54, 1.807) is 0 Å². The summed E-state index contributed by atoms with van der Waals surface area (Å²) in [5.74, 6) is 0. The van der Waals surface area contributed by atoms with Crippen LogP contribution in [0.5, 0.6) is 0 Å². The number of aryl methyl sites for hydroxylation is 2. The minimum absolute atomic E-state index is 1.08. The normalized spacial score (nSPS) is 12.5. The van der Waals surface area contributed by atoms with Crippen LogP contribution in [0.2, 0.25) is 0 Å². The molecule has 1 aliphatic rings. The molecular weight excluding hydrogens is 228 g/mol. The molecule has 0 atom stereocenters. The summed E-state index contributed by atoms with van der Waals surface area (Å²) < 4.78 is 0. The summed E-state index contributed by atoms with van der Waals surface area (Å²) in [6.07, 6.45) is 1.08. The molecule has 0 amide bonds. The van der Waals surface area contributed by atoms with Crippen molar-refractivity contribution in [3.63, 3.8) is 0 Å². The van der Waals surface area contributed by atoms with Crippen LogP contribution in [-0.4, -0.2) is 0 Å². The van der Waals surface area contributed by atoms with E-state index in [0.29, 0.717) is 0 Å². The first-order valence-electron chi connectivity index (χ1n) is 6.85. The zero-order chi connectivity index (χ0) is 13.0. The van der Waals surface area contributed by atoms with E-state index in [1.807, 2.05) is 0 Å². The minimum atomic E-state index is 1.08. The molecule has 3 aromatic carbocycles. The molecule has 0 unspecified atom stereocenters. The van der Waals surface area contributed by atoms with Crippen molar-refractivity contribution in [1.29, 1.82) is 0 Å². The van der Waals surface area contributed by atoms with Gasteiger partial charge in [0.1, 0.15) is 0 Å². The molecule has 19 heavy (non-hydrogen) atoms. The topological polar surface area (TPSA) is 0 Å². The van der Waals surface area contributed by atoms with Crippen LogP contribution in [0.3, 0.4) is 0 Å². The smallest absolute Gasteiger partial charge is 0.00131 e. The summed E-state index contributed by atoms with van der Waals surface area (Å²) >= 11 is 0. The van der Waals surface area contributed by atoms with Crippen LogP contribution in [0.25, 0.3) is 21.9 Å². The van der Waals surface area contributed by atoms with Crippen molar-refractivity contribution in [3.8, 4) is 11.1 Å². The van der Waals surface area contributed by atoms with Gasteiger partial charge >= 0.3 is 0 Å². The maximum Gasteiger partial charge on any atom is -0.00131 e. The van der Waals surface area contributed by atoms with Crippen molar-refractivity contribution in [1.82, 2.24) is 0 Å². The van der Waals surface area contributed by atoms with Crippen molar-refractivity contribution < 1.29 is 0 Å². The molecule has 0 radical (unpaired) electrons. The first kappa shape index (κ1) is 10.8. The summed E-state index contributed by atoms with van der Waals surface area (Å²) in [6.45, 7) is 4.41. The van der Waals surface area contributed by atoms with Gasteiger partial charge in [-0.25, -0.2) is 0 Å². The molecule has 4 rings (SSSR count). The second-order valence-corrected chi connectivity index (χ2v) is 5.59. The van der Waals surface area contributed by atoms with Crippen molar-refractivity contribution in [2.24, 2.45) is 0 Å². The minimum Gasteiger partial charge on any atom is -0.0616 e. The molecule has 0 saturated heterocycles. The van der Waals surface area contributed by atoms with Gasteiger partial charge in [0, 0.05) is 0 Å². The molecule has 0 nitrogen and oxygen atoms in total. The van der Waals surface area contributed by atoms with Gasteiger partial charge in [0.15, 0.2) is 0 Å². The van der Waals surface area contributed by atoms with E-state index in [0.717, 1.165) is 6.42 Å². The van der Waals surface area contributed by atoms with Gasteiger partial charge in [-0.05, 0) is 64.4 Å². The lowest BCUT2D eigenvalue weighted by Gasteiger charge is -2.08. The van der Waals surface area contributed by atoms with E-state index in [9.17, 15) is 0 Å². The first-order valence-corrected chi connectivity index (χ1v) is 6.85. The highest BCUT2D eigenvalue weighted by Crippen LogP contribution is 2.42. The maximum atomic E-state index is 2.36. The Kier molecular flexibility index (Phi) is 2.11. The predicted octanol–water partition coefficient (Wildman–Crippen LogP) is 5.03. The Morgan fingerprint density at radius 1 is 0.789 bits per heavy atom. The molecule has 3 aromatic rings. The lowest BCUT2D eigenvalue weighted by Crippen LogP contribution is -1.86. The number of hydrogen-bond donors (Lipinski definition) is 0. The lowest BCUT2D eigenvalue weighted by atomic mass is 9.96. The molecule has 0 spiro atoms. The number of fused-ring (bicyclic) bond motifs is 5. The van der Waals surface area contributed by atoms with Crippen LogP contribution in [0.15, 0.2) is 48.5 Å². The van der Waals surface area contributed by atoms with Crippen LogP contribution in [-0.2, 0) is 6.42 Å². The monoisotopic (exact) mass is 244 g/mol. The van der Waals surface area contributed by atoms with Crippen LogP contribution in [0.4, 0.5) is 0 Å². The van der Waals surface area contributed by atoms with E-state index in [-0.39, 0.29) is 0 Å². The quantitative estimate of drug-likeness (QED) is 0.407. The van der Waals surface area contributed by atoms with Gasteiger partial charge in [-0.1, -0.05) is 48.5 Å². The van der Waals surface area contributed by atoms with Gasteiger partial charge in [-0.2, -0.15) is 0 Å². The molecule has 0 heteroatoms. The molecule has 0 heterocycles. The molecule has 0 bridgehead atoms. The van der Waals surface area contributed by atoms with E-state index >= 15 is 0 Å². The average Bonchev–Trinajstić information content (AvgIpc) is 2.77. The van der Waals surface area contributed by atoms with E-state index < -0.39 is 0 Å².